The first kappa shape index (κ1) is 11.5. The number of hydrogen-bond acceptors (Lipinski definition) is 0. The summed E-state index contributed by atoms with van der Waals surface area (Å²) < 4.78 is 0. The van der Waals surface area contributed by atoms with Crippen molar-refractivity contribution in [1.82, 2.24) is 0 Å². The zero-order valence-corrected chi connectivity index (χ0v) is 10.0. The molecule has 0 fully saturated rings. The van der Waals surface area contributed by atoms with Gasteiger partial charge in [0.1, 0.15) is 0 Å². The summed E-state index contributed by atoms with van der Waals surface area (Å²) in [5, 5.41) is 0. The first-order valence-electron chi connectivity index (χ1n) is 5.13. The molecular formula is C13H19P. The van der Waals surface area contributed by atoms with Crippen molar-refractivity contribution in [3.05, 3.63) is 48.0 Å². The fourth-order valence-electron chi connectivity index (χ4n) is 1.55. The quantitative estimate of drug-likeness (QED) is 0.509. The van der Waals surface area contributed by atoms with Crippen molar-refractivity contribution in [2.45, 2.75) is 19.8 Å². The SMILES string of the molecule is C=C(C)C(CP)CCc1ccccc1. The second kappa shape index (κ2) is 5.98. The van der Waals surface area contributed by atoms with Crippen molar-refractivity contribution in [2.24, 2.45) is 5.92 Å². The third-order valence-electron chi connectivity index (χ3n) is 2.61. The van der Waals surface area contributed by atoms with Crippen LogP contribution in [0.25, 0.3) is 0 Å². The van der Waals surface area contributed by atoms with Crippen LogP contribution in [0.5, 0.6) is 0 Å². The third-order valence-corrected chi connectivity index (χ3v) is 3.17. The number of hydrogen-bond donors (Lipinski definition) is 0. The molecule has 1 aromatic rings. The fourth-order valence-corrected chi connectivity index (χ4v) is 2.19. The zero-order chi connectivity index (χ0) is 10.4. The Labute approximate surface area is 89.6 Å². The molecule has 0 nitrogen and oxygen atoms in total. The van der Waals surface area contributed by atoms with E-state index in [-0.39, 0.29) is 0 Å². The van der Waals surface area contributed by atoms with E-state index in [1.165, 1.54) is 17.6 Å². The Morgan fingerprint density at radius 3 is 2.50 bits per heavy atom. The van der Waals surface area contributed by atoms with Crippen LogP contribution in [0, 0.1) is 5.92 Å². The molecule has 14 heavy (non-hydrogen) atoms. The molecule has 0 aliphatic carbocycles. The van der Waals surface area contributed by atoms with E-state index in [0.29, 0.717) is 5.92 Å². The Bertz CT molecular complexity index is 277. The summed E-state index contributed by atoms with van der Waals surface area (Å²) in [5.74, 6) is 0.653. The zero-order valence-electron chi connectivity index (χ0n) is 8.87. The molecule has 0 bridgehead atoms. The van der Waals surface area contributed by atoms with E-state index in [4.69, 9.17) is 0 Å². The molecule has 1 aromatic carbocycles. The van der Waals surface area contributed by atoms with Crippen molar-refractivity contribution in [3.8, 4) is 0 Å². The Hall–Kier alpha value is -0.610. The smallest absolute Gasteiger partial charge is 0.0171 e. The van der Waals surface area contributed by atoms with Gasteiger partial charge in [-0.3, -0.25) is 0 Å². The third kappa shape index (κ3) is 3.64. The second-order valence-electron chi connectivity index (χ2n) is 3.80. The molecule has 1 heteroatoms. The summed E-state index contributed by atoms with van der Waals surface area (Å²) >= 11 is 0. The molecule has 0 aromatic heterocycles. The van der Waals surface area contributed by atoms with E-state index >= 15 is 0 Å². The molecular weight excluding hydrogens is 187 g/mol. The van der Waals surface area contributed by atoms with Gasteiger partial charge in [-0.25, -0.2) is 0 Å². The van der Waals surface area contributed by atoms with Crippen LogP contribution in [-0.4, -0.2) is 6.16 Å². The van der Waals surface area contributed by atoms with Gasteiger partial charge in [0, 0.05) is 0 Å². The highest BCUT2D eigenvalue weighted by atomic mass is 31.0. The van der Waals surface area contributed by atoms with Crippen LogP contribution in [0.1, 0.15) is 18.9 Å². The summed E-state index contributed by atoms with van der Waals surface area (Å²) in [6, 6.07) is 10.7. The first-order valence-corrected chi connectivity index (χ1v) is 5.95. The molecule has 0 aliphatic heterocycles. The summed E-state index contributed by atoms with van der Waals surface area (Å²) in [7, 11) is 2.81. The van der Waals surface area contributed by atoms with Crippen LogP contribution in [0.3, 0.4) is 0 Å². The highest BCUT2D eigenvalue weighted by Crippen LogP contribution is 2.18. The largest absolute Gasteiger partial charge is 0.137 e. The van der Waals surface area contributed by atoms with E-state index in [0.717, 1.165) is 12.6 Å². The van der Waals surface area contributed by atoms with Crippen LogP contribution in [0.4, 0.5) is 0 Å². The van der Waals surface area contributed by atoms with Gasteiger partial charge in [0.25, 0.3) is 0 Å². The van der Waals surface area contributed by atoms with Crippen LogP contribution >= 0.6 is 9.24 Å². The minimum atomic E-state index is 0.653. The first-order chi connectivity index (χ1) is 6.74. The molecule has 0 N–H and O–H groups in total. The number of allylic oxidation sites excluding steroid dienone is 1. The van der Waals surface area contributed by atoms with E-state index in [1.807, 2.05) is 0 Å². The van der Waals surface area contributed by atoms with E-state index in [2.05, 4.69) is 53.1 Å². The maximum atomic E-state index is 4.03. The standard InChI is InChI=1S/C13H19P/c1-11(2)13(10-14)9-8-12-6-4-3-5-7-12/h3-7,13H,1,8-10,14H2,2H3. The Morgan fingerprint density at radius 1 is 1.36 bits per heavy atom. The summed E-state index contributed by atoms with van der Waals surface area (Å²) in [6.07, 6.45) is 3.50. The molecule has 0 heterocycles. The minimum absolute atomic E-state index is 0.653. The van der Waals surface area contributed by atoms with Gasteiger partial charge in [-0.05, 0) is 37.4 Å². The predicted molar refractivity (Wildman–Crippen MR) is 67.6 cm³/mol. The maximum absolute atomic E-state index is 4.03. The average molecular weight is 206 g/mol. The number of rotatable bonds is 5. The number of aryl methyl sites for hydroxylation is 1. The lowest BCUT2D eigenvalue weighted by molar-refractivity contribution is 0.624. The molecule has 0 saturated heterocycles. The molecule has 0 aliphatic rings. The van der Waals surface area contributed by atoms with Gasteiger partial charge in [-0.1, -0.05) is 42.5 Å². The van der Waals surface area contributed by atoms with Gasteiger partial charge in [-0.2, -0.15) is 0 Å². The van der Waals surface area contributed by atoms with Gasteiger partial charge in [-0.15, -0.1) is 9.24 Å². The summed E-state index contributed by atoms with van der Waals surface area (Å²) in [4.78, 5) is 0. The monoisotopic (exact) mass is 206 g/mol. The number of benzene rings is 1. The molecule has 0 amide bonds. The minimum Gasteiger partial charge on any atom is -0.137 e. The van der Waals surface area contributed by atoms with E-state index in [1.54, 1.807) is 0 Å². The van der Waals surface area contributed by atoms with Gasteiger partial charge in [0.15, 0.2) is 0 Å². The van der Waals surface area contributed by atoms with Gasteiger partial charge in [0.05, 0.1) is 0 Å². The van der Waals surface area contributed by atoms with E-state index in [9.17, 15) is 0 Å². The van der Waals surface area contributed by atoms with Crippen LogP contribution in [0.15, 0.2) is 42.5 Å². The fraction of sp³-hybridized carbons (Fsp3) is 0.385. The van der Waals surface area contributed by atoms with Crippen LogP contribution < -0.4 is 0 Å². The second-order valence-corrected chi connectivity index (χ2v) is 4.27. The van der Waals surface area contributed by atoms with Crippen molar-refractivity contribution in [2.75, 3.05) is 6.16 Å². The topological polar surface area (TPSA) is 0 Å². The molecule has 1 rings (SSSR count). The average Bonchev–Trinajstić information content (AvgIpc) is 2.20. The molecule has 0 radical (unpaired) electrons. The van der Waals surface area contributed by atoms with Crippen molar-refractivity contribution in [3.63, 3.8) is 0 Å². The van der Waals surface area contributed by atoms with Crippen molar-refractivity contribution >= 4 is 9.24 Å². The lowest BCUT2D eigenvalue weighted by Gasteiger charge is -2.14. The molecule has 0 saturated carbocycles. The summed E-state index contributed by atoms with van der Waals surface area (Å²) in [5.41, 5.74) is 2.73. The van der Waals surface area contributed by atoms with Crippen molar-refractivity contribution in [1.29, 1.82) is 0 Å². The summed E-state index contributed by atoms with van der Waals surface area (Å²) in [6.45, 7) is 6.15. The van der Waals surface area contributed by atoms with Crippen LogP contribution in [0.2, 0.25) is 0 Å². The lowest BCUT2D eigenvalue weighted by atomic mass is 9.96. The van der Waals surface area contributed by atoms with Crippen LogP contribution in [-0.2, 0) is 6.42 Å². The highest BCUT2D eigenvalue weighted by molar-refractivity contribution is 7.16. The molecule has 0 spiro atoms. The molecule has 2 atom stereocenters. The molecule has 76 valence electrons. The maximum Gasteiger partial charge on any atom is -0.0171 e. The molecule has 2 unspecified atom stereocenters. The van der Waals surface area contributed by atoms with E-state index < -0.39 is 0 Å². The van der Waals surface area contributed by atoms with Gasteiger partial charge >= 0.3 is 0 Å². The Balaban J connectivity index is 2.44. The van der Waals surface area contributed by atoms with Gasteiger partial charge < -0.3 is 0 Å². The van der Waals surface area contributed by atoms with Gasteiger partial charge in [0.2, 0.25) is 0 Å². The predicted octanol–water partition coefficient (Wildman–Crippen LogP) is 3.69. The lowest BCUT2D eigenvalue weighted by Crippen LogP contribution is -2.04. The Kier molecular flexibility index (Phi) is 4.90. The highest BCUT2D eigenvalue weighted by Gasteiger charge is 2.06. The Morgan fingerprint density at radius 2 is 2.00 bits per heavy atom. The normalized spacial score (nSPS) is 12.4. The van der Waals surface area contributed by atoms with Crippen molar-refractivity contribution < 1.29 is 0 Å².